The zero-order valence-electron chi connectivity index (χ0n) is 24.5. The first kappa shape index (κ1) is 31.6. The molecule has 1 saturated heterocycles. The highest BCUT2D eigenvalue weighted by Gasteiger charge is 2.46. The van der Waals surface area contributed by atoms with Crippen molar-refractivity contribution in [2.45, 2.75) is 117 Å². The Balaban J connectivity index is 2.42. The largest absolute Gasteiger partial charge is 0.464 e. The maximum atomic E-state index is 14.0. The summed E-state index contributed by atoms with van der Waals surface area (Å²) >= 11 is 0. The molecule has 0 saturated carbocycles. The molecule has 3 amide bonds. The number of amides is 3. The topological polar surface area (TPSA) is 105 Å². The normalized spacial score (nSPS) is 26.9. The van der Waals surface area contributed by atoms with E-state index in [1.54, 1.807) is 39.6 Å². The van der Waals surface area contributed by atoms with Gasteiger partial charge in [0, 0.05) is 13.6 Å². The molecule has 2 heterocycles. The van der Waals surface area contributed by atoms with Crippen LogP contribution in [0.1, 0.15) is 92.9 Å². The smallest absolute Gasteiger partial charge is 0.410 e. The highest BCUT2D eigenvalue weighted by Crippen LogP contribution is 2.32. The van der Waals surface area contributed by atoms with Crippen LogP contribution >= 0.6 is 0 Å². The van der Waals surface area contributed by atoms with E-state index in [-0.39, 0.29) is 30.3 Å². The van der Waals surface area contributed by atoms with Gasteiger partial charge in [-0.25, -0.2) is 9.59 Å². The number of rotatable bonds is 4. The maximum absolute atomic E-state index is 14.0. The number of hydrogen-bond donors (Lipinski definition) is 1. The Hall–Kier alpha value is -2.58. The first-order chi connectivity index (χ1) is 17.9. The fraction of sp³-hybridized carbons (Fsp3) is 0.793. The van der Waals surface area contributed by atoms with Crippen LogP contribution in [-0.2, 0) is 23.9 Å². The summed E-state index contributed by atoms with van der Waals surface area (Å²) in [6.07, 6.45) is 9.33. The minimum atomic E-state index is -0.759. The molecular formula is C29H49N3O6. The van der Waals surface area contributed by atoms with Crippen LogP contribution in [0.4, 0.5) is 4.79 Å². The monoisotopic (exact) mass is 535 g/mol. The van der Waals surface area contributed by atoms with Gasteiger partial charge < -0.3 is 19.7 Å². The predicted octanol–water partition coefficient (Wildman–Crippen LogP) is 4.44. The lowest BCUT2D eigenvalue weighted by Crippen LogP contribution is -2.57. The first-order valence-corrected chi connectivity index (χ1v) is 14.3. The Kier molecular flexibility index (Phi) is 12.1. The van der Waals surface area contributed by atoms with Gasteiger partial charge in [-0.05, 0) is 84.5 Å². The molecule has 38 heavy (non-hydrogen) atoms. The van der Waals surface area contributed by atoms with Crippen LogP contribution in [0, 0.1) is 11.8 Å². The lowest BCUT2D eigenvalue weighted by Gasteiger charge is -2.36. The average molecular weight is 536 g/mol. The van der Waals surface area contributed by atoms with E-state index in [1.165, 1.54) is 4.90 Å². The summed E-state index contributed by atoms with van der Waals surface area (Å²) in [7, 11) is 1.59. The fourth-order valence-electron chi connectivity index (χ4n) is 5.26. The van der Waals surface area contributed by atoms with Gasteiger partial charge in [-0.2, -0.15) is 0 Å². The van der Waals surface area contributed by atoms with Crippen molar-refractivity contribution >= 4 is 23.9 Å². The first-order valence-electron chi connectivity index (χ1n) is 14.3. The van der Waals surface area contributed by atoms with E-state index in [0.717, 1.165) is 32.1 Å². The molecule has 0 radical (unpaired) electrons. The lowest BCUT2D eigenvalue weighted by atomic mass is 9.87. The summed E-state index contributed by atoms with van der Waals surface area (Å²) in [5, 5.41) is 2.93. The number of fused-ring (bicyclic) bond motifs is 1. The third-order valence-electron chi connectivity index (χ3n) is 7.30. The second-order valence-electron chi connectivity index (χ2n) is 11.8. The van der Waals surface area contributed by atoms with Crippen molar-refractivity contribution in [1.82, 2.24) is 15.1 Å². The molecule has 9 heteroatoms. The van der Waals surface area contributed by atoms with E-state index >= 15 is 0 Å². The summed E-state index contributed by atoms with van der Waals surface area (Å²) in [6.45, 7) is 11.9. The van der Waals surface area contributed by atoms with Crippen LogP contribution in [-0.4, -0.2) is 77.6 Å². The number of carbonyl (C=O) groups excluding carboxylic acids is 4. The second-order valence-corrected chi connectivity index (χ2v) is 11.8. The molecule has 2 rings (SSSR count). The van der Waals surface area contributed by atoms with Gasteiger partial charge in [0.25, 0.3) is 0 Å². The van der Waals surface area contributed by atoms with Gasteiger partial charge in [-0.1, -0.05) is 32.4 Å². The van der Waals surface area contributed by atoms with E-state index in [2.05, 4.69) is 17.5 Å². The molecule has 4 atom stereocenters. The van der Waals surface area contributed by atoms with Crippen molar-refractivity contribution in [3.8, 4) is 0 Å². The highest BCUT2D eigenvalue weighted by atomic mass is 16.6. The molecule has 0 unspecified atom stereocenters. The maximum Gasteiger partial charge on any atom is 0.410 e. The number of allylic oxidation sites excluding steroid dienone is 2. The summed E-state index contributed by atoms with van der Waals surface area (Å²) < 4.78 is 10.8. The molecule has 0 aromatic carbocycles. The average Bonchev–Trinajstić information content (AvgIpc) is 3.28. The molecule has 9 nitrogen and oxygen atoms in total. The summed E-state index contributed by atoms with van der Waals surface area (Å²) in [5.74, 6) is -0.945. The minimum absolute atomic E-state index is 0.0592. The van der Waals surface area contributed by atoms with Crippen LogP contribution in [0.15, 0.2) is 12.2 Å². The Morgan fingerprint density at radius 2 is 1.74 bits per heavy atom. The molecule has 0 bridgehead atoms. The quantitative estimate of drug-likeness (QED) is 0.421. The van der Waals surface area contributed by atoms with E-state index < -0.39 is 35.8 Å². The number of nitrogens with zero attached hydrogens (tertiary/aromatic N) is 2. The summed E-state index contributed by atoms with van der Waals surface area (Å²) in [4.78, 5) is 56.4. The van der Waals surface area contributed by atoms with E-state index in [4.69, 9.17) is 9.47 Å². The number of nitrogens with one attached hydrogen (secondary N) is 1. The molecule has 0 aliphatic carbocycles. The zero-order valence-corrected chi connectivity index (χ0v) is 24.5. The zero-order chi connectivity index (χ0) is 28.5. The molecule has 1 N–H and O–H groups in total. The standard InChI is InChI=1S/C29H49N3O6/c1-8-37-27(35)22-16-14-12-10-9-11-13-15-17-23(31(7)28(36)38-29(4,5)6)26(34)32-19-18-21(20(2)3)24(32)25(33)30-22/h9,11,20-24H,8,10,12-19H2,1-7H3,(H,30,33)/b11-9+/t21-,22+,23+,24+/m1/s1. The number of carbonyl (C=O) groups is 4. The van der Waals surface area contributed by atoms with Crippen LogP contribution in [0.5, 0.6) is 0 Å². The van der Waals surface area contributed by atoms with Gasteiger partial charge in [0.15, 0.2) is 0 Å². The third kappa shape index (κ3) is 9.02. The Morgan fingerprint density at radius 1 is 1.08 bits per heavy atom. The van der Waals surface area contributed by atoms with E-state index in [0.29, 0.717) is 25.8 Å². The van der Waals surface area contributed by atoms with Gasteiger partial charge in [0.1, 0.15) is 23.7 Å². The molecule has 0 aromatic rings. The van der Waals surface area contributed by atoms with Crippen LogP contribution < -0.4 is 5.32 Å². The predicted molar refractivity (Wildman–Crippen MR) is 146 cm³/mol. The highest BCUT2D eigenvalue weighted by molar-refractivity contribution is 5.93. The van der Waals surface area contributed by atoms with Crippen molar-refractivity contribution in [1.29, 1.82) is 0 Å². The van der Waals surface area contributed by atoms with Crippen molar-refractivity contribution < 1.29 is 28.7 Å². The van der Waals surface area contributed by atoms with Crippen molar-refractivity contribution in [3.63, 3.8) is 0 Å². The Bertz CT molecular complexity index is 850. The summed E-state index contributed by atoms with van der Waals surface area (Å²) in [5.41, 5.74) is -0.698. The van der Waals surface area contributed by atoms with Crippen LogP contribution in [0.25, 0.3) is 0 Å². The van der Waals surface area contributed by atoms with Crippen molar-refractivity contribution in [2.75, 3.05) is 20.2 Å². The second kappa shape index (κ2) is 14.5. The molecule has 216 valence electrons. The summed E-state index contributed by atoms with van der Waals surface area (Å²) in [6, 6.07) is -2.24. The Labute approximate surface area is 228 Å². The van der Waals surface area contributed by atoms with Gasteiger partial charge in [-0.3, -0.25) is 14.5 Å². The van der Waals surface area contributed by atoms with Crippen LogP contribution in [0.3, 0.4) is 0 Å². The number of likely N-dealkylation sites (N-methyl/N-ethyl adjacent to an activating group) is 1. The molecule has 0 aromatic heterocycles. The molecule has 0 spiro atoms. The Morgan fingerprint density at radius 3 is 2.34 bits per heavy atom. The van der Waals surface area contributed by atoms with Crippen molar-refractivity contribution in [3.05, 3.63) is 12.2 Å². The number of ether oxygens (including phenoxy) is 2. The van der Waals surface area contributed by atoms with Gasteiger partial charge >= 0.3 is 12.1 Å². The third-order valence-corrected chi connectivity index (χ3v) is 7.30. The van der Waals surface area contributed by atoms with Gasteiger partial charge in [0.05, 0.1) is 6.61 Å². The molecular weight excluding hydrogens is 486 g/mol. The van der Waals surface area contributed by atoms with Crippen LogP contribution in [0.2, 0.25) is 0 Å². The molecule has 2 aliphatic rings. The van der Waals surface area contributed by atoms with E-state index in [9.17, 15) is 19.2 Å². The van der Waals surface area contributed by atoms with E-state index in [1.807, 2.05) is 13.8 Å². The van der Waals surface area contributed by atoms with Crippen molar-refractivity contribution in [2.24, 2.45) is 11.8 Å². The minimum Gasteiger partial charge on any atom is -0.464 e. The van der Waals surface area contributed by atoms with Gasteiger partial charge in [0.2, 0.25) is 11.8 Å². The fourth-order valence-corrected chi connectivity index (χ4v) is 5.26. The SMILES string of the molecule is CCOC(=O)[C@@H]1CCCC/C=C/CCC[C@H](N(C)C(=O)OC(C)(C)C)C(=O)N2CC[C@H](C(C)C)[C@H]2C(=O)N1. The lowest BCUT2D eigenvalue weighted by molar-refractivity contribution is -0.149. The number of esters is 1. The molecule has 2 aliphatic heterocycles. The van der Waals surface area contributed by atoms with Gasteiger partial charge in [-0.15, -0.1) is 0 Å². The number of hydrogen-bond acceptors (Lipinski definition) is 6. The molecule has 1 fully saturated rings.